The van der Waals surface area contributed by atoms with Gasteiger partial charge in [-0.2, -0.15) is 9.97 Å². The van der Waals surface area contributed by atoms with Gasteiger partial charge >= 0.3 is 6.01 Å². The first-order valence-electron chi connectivity index (χ1n) is 8.23. The van der Waals surface area contributed by atoms with Crippen molar-refractivity contribution in [2.24, 2.45) is 5.92 Å². The molecule has 0 bridgehead atoms. The van der Waals surface area contributed by atoms with Crippen molar-refractivity contribution in [2.45, 2.75) is 12.8 Å². The Balaban J connectivity index is 1.59. The number of amides is 2. The van der Waals surface area contributed by atoms with Gasteiger partial charge in [0, 0.05) is 19.5 Å². The number of ether oxygens (including phenoxy) is 1. The molecule has 2 aromatic rings. The van der Waals surface area contributed by atoms with E-state index in [1.54, 1.807) is 4.90 Å². The fraction of sp³-hybridized carbons (Fsp3) is 0.353. The first-order valence-corrected chi connectivity index (χ1v) is 8.61. The minimum atomic E-state index is -0.463. The Hall–Kier alpha value is -2.94. The molecule has 142 valence electrons. The first kappa shape index (κ1) is 18.8. The van der Waals surface area contributed by atoms with E-state index >= 15 is 0 Å². The molecule has 0 unspecified atom stereocenters. The van der Waals surface area contributed by atoms with E-state index in [1.807, 2.05) is 0 Å². The van der Waals surface area contributed by atoms with Crippen LogP contribution in [0.4, 0.5) is 6.01 Å². The molecule has 0 aromatic carbocycles. The third-order valence-electron chi connectivity index (χ3n) is 4.14. The van der Waals surface area contributed by atoms with Gasteiger partial charge in [0.25, 0.3) is 11.8 Å². The molecule has 1 atom stereocenters. The van der Waals surface area contributed by atoms with Gasteiger partial charge in [-0.25, -0.2) is 4.98 Å². The maximum absolute atomic E-state index is 12.6. The number of hydrogen-bond donors (Lipinski definition) is 1. The number of likely N-dealkylation sites (tertiary alicyclic amines) is 1. The van der Waals surface area contributed by atoms with Gasteiger partial charge in [-0.05, 0) is 18.4 Å². The first-order chi connectivity index (χ1) is 13.0. The predicted octanol–water partition coefficient (Wildman–Crippen LogP) is 1.96. The van der Waals surface area contributed by atoms with Gasteiger partial charge in [-0.1, -0.05) is 18.2 Å². The van der Waals surface area contributed by atoms with Crippen LogP contribution >= 0.6 is 11.6 Å². The largest absolute Gasteiger partial charge is 0.480 e. The van der Waals surface area contributed by atoms with Crippen LogP contribution in [0.15, 0.2) is 29.5 Å². The van der Waals surface area contributed by atoms with Crippen LogP contribution in [0, 0.1) is 5.92 Å². The Morgan fingerprint density at radius 2 is 2.33 bits per heavy atom. The fourth-order valence-corrected chi connectivity index (χ4v) is 2.99. The molecule has 10 heteroatoms. The van der Waals surface area contributed by atoms with Gasteiger partial charge in [-0.3, -0.25) is 14.9 Å². The lowest BCUT2D eigenvalue weighted by Gasteiger charge is -2.14. The van der Waals surface area contributed by atoms with Crippen LogP contribution in [-0.4, -0.2) is 51.9 Å². The summed E-state index contributed by atoms with van der Waals surface area (Å²) < 4.78 is 10.2. The highest BCUT2D eigenvalue weighted by Crippen LogP contribution is 2.24. The molecule has 0 saturated carbocycles. The molecule has 27 heavy (non-hydrogen) atoms. The van der Waals surface area contributed by atoms with Gasteiger partial charge in [-0.15, -0.1) is 0 Å². The van der Waals surface area contributed by atoms with Crippen LogP contribution in [0.5, 0.6) is 5.88 Å². The zero-order valence-corrected chi connectivity index (χ0v) is 15.4. The lowest BCUT2D eigenvalue weighted by molar-refractivity contribution is -0.112. The molecule has 3 rings (SSSR count). The molecule has 1 N–H and O–H groups in total. The quantitative estimate of drug-likeness (QED) is 0.749. The van der Waals surface area contributed by atoms with E-state index in [9.17, 15) is 9.59 Å². The minimum absolute atomic E-state index is 0.0411. The van der Waals surface area contributed by atoms with Gasteiger partial charge < -0.3 is 14.1 Å². The Bertz CT molecular complexity index is 869. The molecular weight excluding hydrogens is 374 g/mol. The molecule has 1 aliphatic heterocycles. The summed E-state index contributed by atoms with van der Waals surface area (Å²) in [6.07, 6.45) is 5.25. The summed E-state index contributed by atoms with van der Waals surface area (Å²) in [5, 5.41) is 2.73. The molecule has 1 aliphatic rings. The molecule has 2 aromatic heterocycles. The van der Waals surface area contributed by atoms with Crippen molar-refractivity contribution < 1.29 is 18.7 Å². The topological polar surface area (TPSA) is 110 Å². The maximum Gasteiger partial charge on any atom is 0.302 e. The Morgan fingerprint density at radius 1 is 1.52 bits per heavy atom. The highest BCUT2D eigenvalue weighted by molar-refractivity contribution is 6.31. The summed E-state index contributed by atoms with van der Waals surface area (Å²) in [5.74, 6) is 0.452. The third kappa shape index (κ3) is 4.43. The molecule has 9 nitrogen and oxygen atoms in total. The van der Waals surface area contributed by atoms with Crippen molar-refractivity contribution in [2.75, 3.05) is 25.5 Å². The Kier molecular flexibility index (Phi) is 5.70. The zero-order valence-electron chi connectivity index (χ0n) is 14.6. The van der Waals surface area contributed by atoms with E-state index in [-0.39, 0.29) is 23.5 Å². The number of carbonyl (C=O) groups excluding carboxylic acids is 2. The van der Waals surface area contributed by atoms with Crippen LogP contribution in [0.25, 0.3) is 0 Å². The van der Waals surface area contributed by atoms with E-state index in [2.05, 4.69) is 26.8 Å². The van der Waals surface area contributed by atoms with Crippen LogP contribution in [0.1, 0.15) is 22.7 Å². The van der Waals surface area contributed by atoms with E-state index < -0.39 is 5.91 Å². The van der Waals surface area contributed by atoms with E-state index in [1.165, 1.54) is 19.6 Å². The molecule has 1 saturated heterocycles. The predicted molar refractivity (Wildman–Crippen MR) is 96.6 cm³/mol. The number of nitrogens with zero attached hydrogens (tertiary/aromatic N) is 4. The van der Waals surface area contributed by atoms with Crippen LogP contribution in [0.2, 0.25) is 5.02 Å². The van der Waals surface area contributed by atoms with Gasteiger partial charge in [0.2, 0.25) is 5.88 Å². The van der Waals surface area contributed by atoms with Crippen molar-refractivity contribution in [3.05, 3.63) is 41.7 Å². The number of oxazole rings is 1. The summed E-state index contributed by atoms with van der Waals surface area (Å²) in [5.41, 5.74) is 0.138. The van der Waals surface area contributed by atoms with Crippen molar-refractivity contribution in [3.8, 4) is 5.88 Å². The summed E-state index contributed by atoms with van der Waals surface area (Å²) in [4.78, 5) is 38.0. The molecule has 0 spiro atoms. The summed E-state index contributed by atoms with van der Waals surface area (Å²) in [6.45, 7) is 4.48. The number of methoxy groups -OCH3 is 1. The van der Waals surface area contributed by atoms with E-state index in [0.29, 0.717) is 36.2 Å². The fourth-order valence-electron chi connectivity index (χ4n) is 2.82. The van der Waals surface area contributed by atoms with Crippen LogP contribution < -0.4 is 10.1 Å². The molecule has 2 amide bonds. The number of hydrogen-bond acceptors (Lipinski definition) is 7. The summed E-state index contributed by atoms with van der Waals surface area (Å²) in [6, 6.07) is -0.0411. The molecule has 1 fully saturated rings. The number of anilines is 1. The molecule has 3 heterocycles. The lowest BCUT2D eigenvalue weighted by Crippen LogP contribution is -2.29. The lowest BCUT2D eigenvalue weighted by atomic mass is 10.0. The number of halogens is 1. The number of nitrogens with one attached hydrogen (secondary N) is 1. The summed E-state index contributed by atoms with van der Waals surface area (Å²) >= 11 is 5.94. The van der Waals surface area contributed by atoms with Gasteiger partial charge in [0.15, 0.2) is 5.69 Å². The van der Waals surface area contributed by atoms with Crippen LogP contribution in [0.3, 0.4) is 0 Å². The second kappa shape index (κ2) is 8.17. The monoisotopic (exact) mass is 391 g/mol. The Morgan fingerprint density at radius 3 is 3.07 bits per heavy atom. The highest BCUT2D eigenvalue weighted by atomic mass is 35.5. The SMILES string of the molecule is C=CC(=O)Nc1nc(C(=O)N2CC[C@@H](Cc3ncc(Cl)c(OC)n3)C2)co1. The molecule has 0 aliphatic carbocycles. The minimum Gasteiger partial charge on any atom is -0.480 e. The zero-order chi connectivity index (χ0) is 19.4. The highest BCUT2D eigenvalue weighted by Gasteiger charge is 2.29. The van der Waals surface area contributed by atoms with Crippen molar-refractivity contribution >= 4 is 29.4 Å². The number of aromatic nitrogens is 3. The second-order valence-electron chi connectivity index (χ2n) is 5.98. The van der Waals surface area contributed by atoms with E-state index in [0.717, 1.165) is 12.5 Å². The maximum atomic E-state index is 12.6. The summed E-state index contributed by atoms with van der Waals surface area (Å²) in [7, 11) is 1.50. The smallest absolute Gasteiger partial charge is 0.302 e. The van der Waals surface area contributed by atoms with Crippen LogP contribution in [-0.2, 0) is 11.2 Å². The normalized spacial score (nSPS) is 16.2. The number of carbonyl (C=O) groups is 2. The average Bonchev–Trinajstić information content (AvgIpc) is 3.32. The van der Waals surface area contributed by atoms with Crippen molar-refractivity contribution in [1.82, 2.24) is 19.9 Å². The molecular formula is C17H18ClN5O4. The standard InChI is InChI=1S/C17H18ClN5O4/c1-3-14(24)22-17-20-12(9-27-17)16(25)23-5-4-10(8-23)6-13-19-7-11(18)15(21-13)26-2/h3,7,9-10H,1,4-6,8H2,2H3,(H,20,22,24)/t10-/m0/s1. The van der Waals surface area contributed by atoms with Crippen molar-refractivity contribution in [3.63, 3.8) is 0 Å². The van der Waals surface area contributed by atoms with Gasteiger partial charge in [0.05, 0.1) is 13.3 Å². The van der Waals surface area contributed by atoms with E-state index in [4.69, 9.17) is 20.8 Å². The average molecular weight is 392 g/mol. The third-order valence-corrected chi connectivity index (χ3v) is 4.40. The van der Waals surface area contributed by atoms with Crippen molar-refractivity contribution in [1.29, 1.82) is 0 Å². The van der Waals surface area contributed by atoms with Gasteiger partial charge in [0.1, 0.15) is 17.1 Å². The Labute approximate surface area is 160 Å². The second-order valence-corrected chi connectivity index (χ2v) is 6.39. The molecule has 0 radical (unpaired) electrons. The number of rotatable bonds is 6.